The van der Waals surface area contributed by atoms with Crippen molar-refractivity contribution in [3.63, 3.8) is 0 Å². The predicted octanol–water partition coefficient (Wildman–Crippen LogP) is 4.42. The van der Waals surface area contributed by atoms with Crippen molar-refractivity contribution in [3.05, 3.63) is 36.2 Å². The van der Waals surface area contributed by atoms with E-state index in [1.165, 1.54) is 19.3 Å². The van der Waals surface area contributed by atoms with Crippen LogP contribution in [0.4, 0.5) is 0 Å². The van der Waals surface area contributed by atoms with Crippen molar-refractivity contribution in [1.29, 1.82) is 0 Å². The highest BCUT2D eigenvalue weighted by Crippen LogP contribution is 2.15. The molecule has 0 aliphatic carbocycles. The lowest BCUT2D eigenvalue weighted by Crippen LogP contribution is -1.72. The summed E-state index contributed by atoms with van der Waals surface area (Å²) in [7, 11) is 0. The zero-order valence-corrected chi connectivity index (χ0v) is 9.65. The van der Waals surface area contributed by atoms with E-state index in [0.29, 0.717) is 5.89 Å². The summed E-state index contributed by atoms with van der Waals surface area (Å²) in [4.78, 5) is 4.38. The largest absolute Gasteiger partial charge is 0.437 e. The van der Waals surface area contributed by atoms with Crippen molar-refractivity contribution in [3.8, 4) is 0 Å². The molecular formula is C14H17NO. The lowest BCUT2D eigenvalue weighted by molar-refractivity contribution is 0.589. The molecule has 1 aromatic heterocycles. The van der Waals surface area contributed by atoms with E-state index in [1.807, 2.05) is 30.3 Å². The smallest absolute Gasteiger partial charge is 0.219 e. The molecule has 0 unspecified atom stereocenters. The Balaban J connectivity index is 1.98. The van der Waals surface area contributed by atoms with Crippen LogP contribution in [0.3, 0.4) is 0 Å². The van der Waals surface area contributed by atoms with Gasteiger partial charge in [0.2, 0.25) is 5.89 Å². The second-order valence-electron chi connectivity index (χ2n) is 3.92. The van der Waals surface area contributed by atoms with Gasteiger partial charge in [0.15, 0.2) is 5.58 Å². The van der Waals surface area contributed by atoms with E-state index in [0.717, 1.165) is 17.5 Å². The molecule has 2 aromatic rings. The summed E-state index contributed by atoms with van der Waals surface area (Å²) in [5, 5.41) is 0. The number of hydrogen-bond donors (Lipinski definition) is 0. The van der Waals surface area contributed by atoms with E-state index in [1.54, 1.807) is 0 Å². The summed E-state index contributed by atoms with van der Waals surface area (Å²) in [6.07, 6.45) is 9.00. The minimum atomic E-state index is 0.706. The maximum Gasteiger partial charge on any atom is 0.219 e. The van der Waals surface area contributed by atoms with Gasteiger partial charge in [-0.3, -0.25) is 0 Å². The first-order chi connectivity index (χ1) is 7.90. The summed E-state index contributed by atoms with van der Waals surface area (Å²) in [5.41, 5.74) is 1.78. The van der Waals surface area contributed by atoms with E-state index in [9.17, 15) is 0 Å². The first kappa shape index (κ1) is 10.9. The number of unbranched alkanes of at least 4 members (excludes halogenated alkanes) is 3. The van der Waals surface area contributed by atoms with Gasteiger partial charge in [-0.05, 0) is 31.1 Å². The molecule has 0 aliphatic rings. The molecule has 0 saturated carbocycles. The molecule has 84 valence electrons. The van der Waals surface area contributed by atoms with Crippen LogP contribution in [-0.4, -0.2) is 4.98 Å². The van der Waals surface area contributed by atoms with E-state index in [-0.39, 0.29) is 0 Å². The standard InChI is InChI=1S/C14H17NO/c1-2-3-4-5-6-11-14-15-12-9-7-8-10-13(12)16-14/h6-11H,2-5H2,1H3. The molecule has 16 heavy (non-hydrogen) atoms. The Kier molecular flexibility index (Phi) is 3.76. The molecule has 0 fully saturated rings. The molecule has 2 heteroatoms. The number of benzene rings is 1. The van der Waals surface area contributed by atoms with Crippen LogP contribution >= 0.6 is 0 Å². The normalized spacial score (nSPS) is 11.6. The summed E-state index contributed by atoms with van der Waals surface area (Å²) in [6, 6.07) is 7.84. The third kappa shape index (κ3) is 2.72. The maximum atomic E-state index is 5.58. The fourth-order valence-electron chi connectivity index (χ4n) is 1.66. The predicted molar refractivity (Wildman–Crippen MR) is 67.2 cm³/mol. The van der Waals surface area contributed by atoms with E-state index in [4.69, 9.17) is 4.42 Å². The van der Waals surface area contributed by atoms with Crippen molar-refractivity contribution in [2.45, 2.75) is 32.6 Å². The third-order valence-electron chi connectivity index (χ3n) is 2.55. The van der Waals surface area contributed by atoms with Crippen LogP contribution in [0.1, 0.15) is 38.5 Å². The Bertz CT molecular complexity index is 437. The van der Waals surface area contributed by atoms with Crippen LogP contribution in [0.5, 0.6) is 0 Å². The fraction of sp³-hybridized carbons (Fsp3) is 0.357. The van der Waals surface area contributed by atoms with Crippen LogP contribution in [-0.2, 0) is 0 Å². The minimum Gasteiger partial charge on any atom is -0.437 e. The topological polar surface area (TPSA) is 26.0 Å². The highest BCUT2D eigenvalue weighted by atomic mass is 16.3. The second-order valence-corrected chi connectivity index (χ2v) is 3.92. The van der Waals surface area contributed by atoms with Crippen molar-refractivity contribution >= 4 is 17.2 Å². The number of para-hydroxylation sites is 2. The molecule has 0 aliphatic heterocycles. The van der Waals surface area contributed by atoms with Gasteiger partial charge in [-0.2, -0.15) is 0 Å². The lowest BCUT2D eigenvalue weighted by Gasteiger charge is -1.90. The number of allylic oxidation sites excluding steroid dienone is 1. The Morgan fingerprint density at radius 1 is 1.25 bits per heavy atom. The minimum absolute atomic E-state index is 0.706. The highest BCUT2D eigenvalue weighted by molar-refractivity contribution is 5.73. The third-order valence-corrected chi connectivity index (χ3v) is 2.55. The van der Waals surface area contributed by atoms with Crippen LogP contribution in [0.15, 0.2) is 34.8 Å². The van der Waals surface area contributed by atoms with Crippen molar-refractivity contribution in [2.24, 2.45) is 0 Å². The average molecular weight is 215 g/mol. The SMILES string of the molecule is CCCCCC=Cc1nc2ccccc2o1. The molecule has 2 nitrogen and oxygen atoms in total. The Morgan fingerprint density at radius 3 is 2.94 bits per heavy atom. The molecule has 0 atom stereocenters. The maximum absolute atomic E-state index is 5.58. The first-order valence-corrected chi connectivity index (χ1v) is 5.92. The van der Waals surface area contributed by atoms with Crippen LogP contribution in [0.25, 0.3) is 17.2 Å². The van der Waals surface area contributed by atoms with Crippen molar-refractivity contribution in [2.75, 3.05) is 0 Å². The fourth-order valence-corrected chi connectivity index (χ4v) is 1.66. The summed E-state index contributed by atoms with van der Waals surface area (Å²) >= 11 is 0. The van der Waals surface area contributed by atoms with Crippen LogP contribution in [0, 0.1) is 0 Å². The Hall–Kier alpha value is -1.57. The molecule has 0 radical (unpaired) electrons. The van der Waals surface area contributed by atoms with Gasteiger partial charge in [-0.1, -0.05) is 38.0 Å². The first-order valence-electron chi connectivity index (χ1n) is 5.92. The van der Waals surface area contributed by atoms with E-state index < -0.39 is 0 Å². The zero-order valence-electron chi connectivity index (χ0n) is 9.65. The number of hydrogen-bond acceptors (Lipinski definition) is 2. The van der Waals surface area contributed by atoms with Gasteiger partial charge in [0.05, 0.1) is 0 Å². The van der Waals surface area contributed by atoms with Gasteiger partial charge in [-0.25, -0.2) is 4.98 Å². The molecule has 0 saturated heterocycles. The highest BCUT2D eigenvalue weighted by Gasteiger charge is 2.00. The number of oxazole rings is 1. The summed E-state index contributed by atoms with van der Waals surface area (Å²) < 4.78 is 5.58. The van der Waals surface area contributed by atoms with Crippen molar-refractivity contribution in [1.82, 2.24) is 4.98 Å². The van der Waals surface area contributed by atoms with Crippen LogP contribution < -0.4 is 0 Å². The lowest BCUT2D eigenvalue weighted by atomic mass is 10.2. The van der Waals surface area contributed by atoms with E-state index >= 15 is 0 Å². The Labute approximate surface area is 96.0 Å². The molecule has 2 rings (SSSR count). The van der Waals surface area contributed by atoms with Crippen molar-refractivity contribution < 1.29 is 4.42 Å². The van der Waals surface area contributed by atoms with Gasteiger partial charge in [0.25, 0.3) is 0 Å². The van der Waals surface area contributed by atoms with Gasteiger partial charge in [-0.15, -0.1) is 0 Å². The number of fused-ring (bicyclic) bond motifs is 1. The number of rotatable bonds is 5. The number of nitrogens with zero attached hydrogens (tertiary/aromatic N) is 1. The van der Waals surface area contributed by atoms with Gasteiger partial charge >= 0.3 is 0 Å². The summed E-state index contributed by atoms with van der Waals surface area (Å²) in [6.45, 7) is 2.21. The molecule has 0 spiro atoms. The average Bonchev–Trinajstić information content (AvgIpc) is 2.71. The molecular weight excluding hydrogens is 198 g/mol. The number of aromatic nitrogens is 1. The molecule has 0 bridgehead atoms. The van der Waals surface area contributed by atoms with Gasteiger partial charge in [0.1, 0.15) is 5.52 Å². The molecule has 1 aromatic carbocycles. The van der Waals surface area contributed by atoms with Gasteiger partial charge < -0.3 is 4.42 Å². The summed E-state index contributed by atoms with van der Waals surface area (Å²) in [5.74, 6) is 0.706. The quantitative estimate of drug-likeness (QED) is 0.690. The second kappa shape index (κ2) is 5.50. The van der Waals surface area contributed by atoms with Gasteiger partial charge in [0, 0.05) is 0 Å². The van der Waals surface area contributed by atoms with E-state index in [2.05, 4.69) is 18.0 Å². The Morgan fingerprint density at radius 2 is 2.12 bits per heavy atom. The molecule has 0 amide bonds. The molecule has 1 heterocycles. The zero-order chi connectivity index (χ0) is 11.2. The van der Waals surface area contributed by atoms with Crippen LogP contribution in [0.2, 0.25) is 0 Å². The molecule has 0 N–H and O–H groups in total. The monoisotopic (exact) mass is 215 g/mol.